The number of carbonyl (C=O) groups is 1. The van der Waals surface area contributed by atoms with Crippen molar-refractivity contribution in [2.75, 3.05) is 11.9 Å². The van der Waals surface area contributed by atoms with Crippen LogP contribution in [0.25, 0.3) is 22.0 Å². The van der Waals surface area contributed by atoms with Crippen LogP contribution in [0.1, 0.15) is 12.0 Å². The minimum Gasteiger partial charge on any atom is -0.493 e. The molecule has 4 aromatic rings. The molecule has 0 aliphatic carbocycles. The van der Waals surface area contributed by atoms with Crippen molar-refractivity contribution in [1.29, 1.82) is 0 Å². The Bertz CT molecular complexity index is 1120. The predicted molar refractivity (Wildman–Crippen MR) is 121 cm³/mol. The maximum atomic E-state index is 12.3. The summed E-state index contributed by atoms with van der Waals surface area (Å²) < 4.78 is 5.63. The van der Waals surface area contributed by atoms with Gasteiger partial charge in [-0.25, -0.2) is 4.98 Å². The maximum Gasteiger partial charge on any atom is 0.227 e. The van der Waals surface area contributed by atoms with Crippen LogP contribution in [0.15, 0.2) is 78.3 Å². The van der Waals surface area contributed by atoms with Gasteiger partial charge in [0.2, 0.25) is 5.91 Å². The second kappa shape index (κ2) is 9.33. The number of rotatable bonds is 7. The molecule has 0 aliphatic heterocycles. The van der Waals surface area contributed by atoms with E-state index < -0.39 is 0 Å². The molecule has 0 fully saturated rings. The van der Waals surface area contributed by atoms with Crippen LogP contribution in [0.2, 0.25) is 0 Å². The molecule has 6 heteroatoms. The Hall–Kier alpha value is -3.51. The molecule has 0 unspecified atom stereocenters. The monoisotopic (exact) mass is 415 g/mol. The lowest BCUT2D eigenvalue weighted by molar-refractivity contribution is -0.116. The predicted octanol–water partition coefficient (Wildman–Crippen LogP) is 5.59. The highest BCUT2D eigenvalue weighted by molar-refractivity contribution is 7.13. The van der Waals surface area contributed by atoms with Gasteiger partial charge in [0.05, 0.1) is 24.4 Å². The largest absolute Gasteiger partial charge is 0.493 e. The molecule has 0 aliphatic rings. The van der Waals surface area contributed by atoms with E-state index in [4.69, 9.17) is 4.74 Å². The van der Waals surface area contributed by atoms with Crippen LogP contribution in [0, 0.1) is 6.92 Å². The van der Waals surface area contributed by atoms with Crippen LogP contribution in [0.3, 0.4) is 0 Å². The summed E-state index contributed by atoms with van der Waals surface area (Å²) >= 11 is 1.55. The van der Waals surface area contributed by atoms with Gasteiger partial charge >= 0.3 is 0 Å². The third-order valence-corrected chi connectivity index (χ3v) is 5.31. The molecule has 0 atom stereocenters. The molecule has 4 rings (SSSR count). The molecule has 0 saturated heterocycles. The zero-order valence-electron chi connectivity index (χ0n) is 16.5. The molecule has 0 bridgehead atoms. The van der Waals surface area contributed by atoms with Crippen LogP contribution < -0.4 is 10.1 Å². The summed E-state index contributed by atoms with van der Waals surface area (Å²) in [6.45, 7) is 2.35. The first kappa shape index (κ1) is 19.8. The van der Waals surface area contributed by atoms with Crippen LogP contribution >= 0.6 is 11.3 Å². The third kappa shape index (κ3) is 5.10. The molecule has 0 saturated carbocycles. The first-order valence-corrected chi connectivity index (χ1v) is 10.5. The van der Waals surface area contributed by atoms with Gasteiger partial charge in [0, 0.05) is 22.8 Å². The van der Waals surface area contributed by atoms with Crippen molar-refractivity contribution in [2.45, 2.75) is 13.3 Å². The highest BCUT2D eigenvalue weighted by atomic mass is 32.1. The summed E-state index contributed by atoms with van der Waals surface area (Å²) in [5, 5.41) is 5.80. The molecule has 1 N–H and O–H groups in total. The van der Waals surface area contributed by atoms with Crippen LogP contribution in [-0.4, -0.2) is 22.5 Å². The maximum absolute atomic E-state index is 12.3. The first-order chi connectivity index (χ1) is 14.7. The van der Waals surface area contributed by atoms with Crippen molar-refractivity contribution < 1.29 is 9.53 Å². The van der Waals surface area contributed by atoms with E-state index in [1.807, 2.05) is 79.0 Å². The topological polar surface area (TPSA) is 64.1 Å². The van der Waals surface area contributed by atoms with Crippen LogP contribution in [-0.2, 0) is 4.79 Å². The van der Waals surface area contributed by atoms with Crippen molar-refractivity contribution in [3.8, 4) is 27.7 Å². The Morgan fingerprint density at radius 2 is 1.90 bits per heavy atom. The Morgan fingerprint density at radius 3 is 2.70 bits per heavy atom. The van der Waals surface area contributed by atoms with E-state index >= 15 is 0 Å². The van der Waals surface area contributed by atoms with Crippen LogP contribution in [0.4, 0.5) is 5.69 Å². The fraction of sp³-hybridized carbons (Fsp3) is 0.125. The number of hydrogen-bond donors (Lipinski definition) is 1. The lowest BCUT2D eigenvalue weighted by Gasteiger charge is -2.08. The van der Waals surface area contributed by atoms with E-state index in [1.165, 1.54) is 5.56 Å². The smallest absolute Gasteiger partial charge is 0.227 e. The van der Waals surface area contributed by atoms with Gasteiger partial charge in [0.25, 0.3) is 0 Å². The summed E-state index contributed by atoms with van der Waals surface area (Å²) in [4.78, 5) is 21.3. The standard InChI is InChI=1S/C24H21N3O2S/c1-17-8-10-20(11-9-17)29-14-12-23(28)26-19-6-4-5-18(15-19)22-16-30-24(27-22)21-7-2-3-13-25-21/h2-11,13,15-16H,12,14H2,1H3,(H,26,28). The summed E-state index contributed by atoms with van der Waals surface area (Å²) in [6, 6.07) is 21.2. The number of anilines is 1. The number of nitrogens with one attached hydrogen (secondary N) is 1. The molecular formula is C24H21N3O2S. The Labute approximate surface area is 179 Å². The summed E-state index contributed by atoms with van der Waals surface area (Å²) in [6.07, 6.45) is 2.04. The number of carbonyl (C=O) groups excluding carboxylic acids is 1. The second-order valence-corrected chi connectivity index (χ2v) is 7.65. The average Bonchev–Trinajstić information content (AvgIpc) is 3.26. The number of benzene rings is 2. The molecule has 2 aromatic carbocycles. The van der Waals surface area contributed by atoms with Gasteiger partial charge in [-0.05, 0) is 43.3 Å². The van der Waals surface area contributed by atoms with Gasteiger partial charge in [0.1, 0.15) is 10.8 Å². The van der Waals surface area contributed by atoms with Crippen molar-refractivity contribution >= 4 is 22.9 Å². The number of ether oxygens (including phenoxy) is 1. The van der Waals surface area contributed by atoms with E-state index in [0.29, 0.717) is 6.61 Å². The minimum absolute atomic E-state index is 0.0910. The Kier molecular flexibility index (Phi) is 6.15. The van der Waals surface area contributed by atoms with Crippen molar-refractivity contribution in [2.24, 2.45) is 0 Å². The third-order valence-electron chi connectivity index (χ3n) is 4.45. The highest BCUT2D eigenvalue weighted by Crippen LogP contribution is 2.29. The van der Waals surface area contributed by atoms with Gasteiger partial charge in [-0.3, -0.25) is 9.78 Å². The minimum atomic E-state index is -0.0910. The zero-order valence-corrected chi connectivity index (χ0v) is 17.4. The number of aryl methyl sites for hydroxylation is 1. The van der Waals surface area contributed by atoms with E-state index in [1.54, 1.807) is 17.5 Å². The molecule has 1 amide bonds. The van der Waals surface area contributed by atoms with Gasteiger partial charge < -0.3 is 10.1 Å². The quantitative estimate of drug-likeness (QED) is 0.427. The molecule has 5 nitrogen and oxygen atoms in total. The molecule has 0 spiro atoms. The average molecular weight is 416 g/mol. The van der Waals surface area contributed by atoms with Gasteiger partial charge in [-0.2, -0.15) is 0 Å². The number of amides is 1. The Morgan fingerprint density at radius 1 is 1.03 bits per heavy atom. The molecule has 2 aromatic heterocycles. The molecule has 0 radical (unpaired) electrons. The van der Waals surface area contributed by atoms with E-state index in [9.17, 15) is 4.79 Å². The SMILES string of the molecule is Cc1ccc(OCCC(=O)Nc2cccc(-c3csc(-c4ccccn4)n3)c2)cc1. The van der Waals surface area contributed by atoms with E-state index in [2.05, 4.69) is 15.3 Å². The lowest BCUT2D eigenvalue weighted by Crippen LogP contribution is -2.15. The Balaban J connectivity index is 1.36. The number of thiazole rings is 1. The number of nitrogens with zero attached hydrogens (tertiary/aromatic N) is 2. The molecule has 30 heavy (non-hydrogen) atoms. The molecular weight excluding hydrogens is 394 g/mol. The summed E-state index contributed by atoms with van der Waals surface area (Å²) in [5.74, 6) is 0.675. The van der Waals surface area contributed by atoms with Gasteiger partial charge in [-0.1, -0.05) is 35.9 Å². The van der Waals surface area contributed by atoms with E-state index in [0.717, 1.165) is 33.4 Å². The number of pyridine rings is 1. The molecule has 2 heterocycles. The number of hydrogen-bond acceptors (Lipinski definition) is 5. The first-order valence-electron chi connectivity index (χ1n) is 9.64. The fourth-order valence-corrected chi connectivity index (χ4v) is 3.69. The van der Waals surface area contributed by atoms with Gasteiger partial charge in [-0.15, -0.1) is 11.3 Å². The van der Waals surface area contributed by atoms with Gasteiger partial charge in [0.15, 0.2) is 0 Å². The summed E-state index contributed by atoms with van der Waals surface area (Å²) in [5.41, 5.74) is 4.57. The normalized spacial score (nSPS) is 10.6. The van der Waals surface area contributed by atoms with E-state index in [-0.39, 0.29) is 12.3 Å². The summed E-state index contributed by atoms with van der Waals surface area (Å²) in [7, 11) is 0. The lowest BCUT2D eigenvalue weighted by atomic mass is 10.1. The van der Waals surface area contributed by atoms with Crippen molar-refractivity contribution in [3.05, 3.63) is 83.9 Å². The van der Waals surface area contributed by atoms with Crippen molar-refractivity contribution in [1.82, 2.24) is 9.97 Å². The second-order valence-electron chi connectivity index (χ2n) is 6.79. The highest BCUT2D eigenvalue weighted by Gasteiger charge is 2.09. The zero-order chi connectivity index (χ0) is 20.8. The number of aromatic nitrogens is 2. The fourth-order valence-electron chi connectivity index (χ4n) is 2.89. The van der Waals surface area contributed by atoms with Crippen LogP contribution in [0.5, 0.6) is 5.75 Å². The van der Waals surface area contributed by atoms with Crippen molar-refractivity contribution in [3.63, 3.8) is 0 Å². The molecule has 150 valence electrons.